The van der Waals surface area contributed by atoms with Gasteiger partial charge in [0.25, 0.3) is 0 Å². The van der Waals surface area contributed by atoms with E-state index < -0.39 is 11.9 Å². The number of ether oxygens (including phenoxy) is 1. The summed E-state index contributed by atoms with van der Waals surface area (Å²) in [6, 6.07) is 4.83. The summed E-state index contributed by atoms with van der Waals surface area (Å²) >= 11 is 0. The van der Waals surface area contributed by atoms with Gasteiger partial charge in [-0.1, -0.05) is 13.0 Å². The summed E-state index contributed by atoms with van der Waals surface area (Å²) < 4.78 is 4.78. The molecule has 0 saturated carbocycles. The average molecular weight is 248 g/mol. The van der Waals surface area contributed by atoms with Gasteiger partial charge in [0.15, 0.2) is 0 Å². The van der Waals surface area contributed by atoms with Gasteiger partial charge in [-0.05, 0) is 42.7 Å². The van der Waals surface area contributed by atoms with Crippen LogP contribution in [0.1, 0.15) is 35.3 Å². The largest absolute Gasteiger partial charge is 0.478 e. The average Bonchev–Trinajstić information content (AvgIpc) is 2.36. The van der Waals surface area contributed by atoms with Crippen molar-refractivity contribution in [2.75, 3.05) is 6.61 Å². The van der Waals surface area contributed by atoms with Gasteiger partial charge in [0.2, 0.25) is 0 Å². The number of carbonyl (C=O) groups is 2. The third-order valence-electron chi connectivity index (χ3n) is 2.46. The molecule has 0 aliphatic rings. The maximum Gasteiger partial charge on any atom is 0.335 e. The molecule has 0 amide bonds. The highest BCUT2D eigenvalue weighted by Crippen LogP contribution is 2.15. The molecule has 18 heavy (non-hydrogen) atoms. The molecule has 0 aliphatic heterocycles. The number of aryl methyl sites for hydroxylation is 1. The molecule has 0 atom stereocenters. The van der Waals surface area contributed by atoms with Gasteiger partial charge >= 0.3 is 11.9 Å². The number of aromatic carboxylic acids is 1. The number of hydrogen-bond donors (Lipinski definition) is 1. The Morgan fingerprint density at radius 2 is 2.06 bits per heavy atom. The van der Waals surface area contributed by atoms with Crippen molar-refractivity contribution in [1.29, 1.82) is 0 Å². The normalized spacial score (nSPS) is 10.6. The molecule has 0 heterocycles. The maximum atomic E-state index is 11.2. The molecule has 4 heteroatoms. The highest BCUT2D eigenvalue weighted by Gasteiger charge is 2.06. The van der Waals surface area contributed by atoms with Gasteiger partial charge in [0.1, 0.15) is 0 Å². The Hall–Kier alpha value is -2.10. The lowest BCUT2D eigenvalue weighted by atomic mass is 10.0. The van der Waals surface area contributed by atoms with E-state index in [-0.39, 0.29) is 5.56 Å². The van der Waals surface area contributed by atoms with Crippen molar-refractivity contribution in [2.24, 2.45) is 0 Å². The molecular formula is C14H16O4. The maximum absolute atomic E-state index is 11.2. The first-order valence-corrected chi connectivity index (χ1v) is 5.79. The predicted molar refractivity (Wildman–Crippen MR) is 68.4 cm³/mol. The Kier molecular flexibility index (Phi) is 5.11. The quantitative estimate of drug-likeness (QED) is 0.642. The van der Waals surface area contributed by atoms with E-state index in [2.05, 4.69) is 0 Å². The fourth-order valence-corrected chi connectivity index (χ4v) is 1.56. The van der Waals surface area contributed by atoms with Gasteiger partial charge in [-0.15, -0.1) is 0 Å². The summed E-state index contributed by atoms with van der Waals surface area (Å²) in [5.41, 5.74) is 1.96. The monoisotopic (exact) mass is 248 g/mol. The number of hydrogen-bond acceptors (Lipinski definition) is 3. The molecule has 1 N–H and O–H groups in total. The molecule has 0 aromatic heterocycles. The summed E-state index contributed by atoms with van der Waals surface area (Å²) in [4.78, 5) is 22.0. The highest BCUT2D eigenvalue weighted by atomic mass is 16.5. The zero-order valence-corrected chi connectivity index (χ0v) is 10.5. The van der Waals surface area contributed by atoms with Crippen molar-refractivity contribution in [2.45, 2.75) is 20.3 Å². The van der Waals surface area contributed by atoms with E-state index in [1.54, 1.807) is 25.1 Å². The summed E-state index contributed by atoms with van der Waals surface area (Å²) in [6.45, 7) is 4.01. The van der Waals surface area contributed by atoms with Crippen molar-refractivity contribution in [3.8, 4) is 0 Å². The molecule has 0 fully saturated rings. The lowest BCUT2D eigenvalue weighted by Crippen LogP contribution is -2.00. The van der Waals surface area contributed by atoms with Crippen molar-refractivity contribution in [1.82, 2.24) is 0 Å². The first kappa shape index (κ1) is 14.0. The molecule has 0 radical (unpaired) electrons. The lowest BCUT2D eigenvalue weighted by molar-refractivity contribution is -0.137. The highest BCUT2D eigenvalue weighted by molar-refractivity contribution is 5.90. The van der Waals surface area contributed by atoms with Gasteiger partial charge in [0, 0.05) is 6.08 Å². The van der Waals surface area contributed by atoms with Crippen LogP contribution in [0.3, 0.4) is 0 Å². The summed E-state index contributed by atoms with van der Waals surface area (Å²) in [5.74, 6) is -1.35. The van der Waals surface area contributed by atoms with Gasteiger partial charge in [-0.3, -0.25) is 0 Å². The van der Waals surface area contributed by atoms with Crippen molar-refractivity contribution in [3.63, 3.8) is 0 Å². The molecule has 0 aliphatic carbocycles. The second-order valence-corrected chi connectivity index (χ2v) is 3.66. The van der Waals surface area contributed by atoms with Crippen LogP contribution in [0.5, 0.6) is 0 Å². The van der Waals surface area contributed by atoms with Crippen LogP contribution in [0.2, 0.25) is 0 Å². The number of carboxylic acids is 1. The molecule has 96 valence electrons. The molecule has 0 saturated heterocycles. The van der Waals surface area contributed by atoms with Gasteiger partial charge in [-0.25, -0.2) is 9.59 Å². The van der Waals surface area contributed by atoms with E-state index in [1.165, 1.54) is 12.1 Å². The van der Waals surface area contributed by atoms with Crippen LogP contribution in [0.15, 0.2) is 24.3 Å². The van der Waals surface area contributed by atoms with Crippen LogP contribution in [0.4, 0.5) is 0 Å². The summed E-state index contributed by atoms with van der Waals surface area (Å²) in [7, 11) is 0. The number of rotatable bonds is 5. The lowest BCUT2D eigenvalue weighted by Gasteiger charge is -2.05. The Labute approximate surface area is 106 Å². The zero-order valence-electron chi connectivity index (χ0n) is 10.5. The molecule has 1 aromatic carbocycles. The van der Waals surface area contributed by atoms with Crippen molar-refractivity contribution >= 4 is 18.0 Å². The van der Waals surface area contributed by atoms with Gasteiger partial charge in [-0.2, -0.15) is 0 Å². The summed E-state index contributed by atoms with van der Waals surface area (Å²) in [5, 5.41) is 8.89. The standard InChI is InChI=1S/C14H16O4/c1-3-10-9-12(14(16)17)6-5-11(10)7-8-13(15)18-4-2/h5-9H,3-4H2,1-2H3,(H,16,17). The molecule has 0 spiro atoms. The van der Waals surface area contributed by atoms with Gasteiger partial charge < -0.3 is 9.84 Å². The molecule has 1 rings (SSSR count). The van der Waals surface area contributed by atoms with Crippen LogP contribution < -0.4 is 0 Å². The minimum Gasteiger partial charge on any atom is -0.478 e. The topological polar surface area (TPSA) is 63.6 Å². The van der Waals surface area contributed by atoms with E-state index in [9.17, 15) is 9.59 Å². The third kappa shape index (κ3) is 3.73. The molecule has 4 nitrogen and oxygen atoms in total. The molecule has 0 unspecified atom stereocenters. The SMILES string of the molecule is CCOC(=O)C=Cc1ccc(C(=O)O)cc1CC. The fraction of sp³-hybridized carbons (Fsp3) is 0.286. The van der Waals surface area contributed by atoms with Crippen LogP contribution in [0, 0.1) is 0 Å². The Balaban J connectivity index is 2.96. The van der Waals surface area contributed by atoms with E-state index in [0.717, 1.165) is 11.1 Å². The number of carboxylic acid groups (broad SMARTS) is 1. The molecular weight excluding hydrogens is 232 g/mol. The third-order valence-corrected chi connectivity index (χ3v) is 2.46. The Morgan fingerprint density at radius 1 is 1.33 bits per heavy atom. The van der Waals surface area contributed by atoms with Gasteiger partial charge in [0.05, 0.1) is 12.2 Å². The first-order chi connectivity index (χ1) is 8.58. The van der Waals surface area contributed by atoms with Crippen molar-refractivity contribution in [3.05, 3.63) is 41.0 Å². The van der Waals surface area contributed by atoms with Crippen LogP contribution in [-0.2, 0) is 16.0 Å². The van der Waals surface area contributed by atoms with E-state index in [1.807, 2.05) is 6.92 Å². The summed E-state index contributed by atoms with van der Waals surface area (Å²) in [6.07, 6.45) is 3.69. The van der Waals surface area contributed by atoms with Crippen LogP contribution >= 0.6 is 0 Å². The number of benzene rings is 1. The smallest absolute Gasteiger partial charge is 0.335 e. The minimum absolute atomic E-state index is 0.250. The Morgan fingerprint density at radius 3 is 2.61 bits per heavy atom. The second kappa shape index (κ2) is 6.59. The fourth-order valence-electron chi connectivity index (χ4n) is 1.56. The molecule has 1 aromatic rings. The van der Waals surface area contributed by atoms with E-state index in [0.29, 0.717) is 13.0 Å². The van der Waals surface area contributed by atoms with Crippen molar-refractivity contribution < 1.29 is 19.4 Å². The van der Waals surface area contributed by atoms with Crippen LogP contribution in [-0.4, -0.2) is 23.7 Å². The second-order valence-electron chi connectivity index (χ2n) is 3.66. The number of carbonyl (C=O) groups excluding carboxylic acids is 1. The predicted octanol–water partition coefficient (Wildman–Crippen LogP) is 2.52. The van der Waals surface area contributed by atoms with E-state index >= 15 is 0 Å². The molecule has 0 bridgehead atoms. The van der Waals surface area contributed by atoms with E-state index in [4.69, 9.17) is 9.84 Å². The zero-order chi connectivity index (χ0) is 13.5. The Bertz CT molecular complexity index is 475. The first-order valence-electron chi connectivity index (χ1n) is 5.79. The number of esters is 1. The minimum atomic E-state index is -0.953. The van der Waals surface area contributed by atoms with Crippen LogP contribution in [0.25, 0.3) is 6.08 Å².